The van der Waals surface area contributed by atoms with Crippen LogP contribution in [0.4, 0.5) is 0 Å². The fraction of sp³-hybridized carbons (Fsp3) is 0.500. The average molecular weight is 272 g/mol. The lowest BCUT2D eigenvalue weighted by atomic mass is 9.63. The maximum Gasteiger partial charge on any atom is 0.330 e. The summed E-state index contributed by atoms with van der Waals surface area (Å²) in [6.45, 7) is 9.22. The molecule has 0 aromatic heterocycles. The molecule has 0 spiro atoms. The Labute approximate surface area is 121 Å². The van der Waals surface area contributed by atoms with Crippen molar-refractivity contribution < 1.29 is 9.53 Å². The molecular weight excluding hydrogens is 248 g/mol. The van der Waals surface area contributed by atoms with Gasteiger partial charge in [0.25, 0.3) is 0 Å². The van der Waals surface area contributed by atoms with E-state index in [1.807, 2.05) is 6.08 Å². The number of fused-ring (bicyclic) bond motifs is 1. The van der Waals surface area contributed by atoms with E-state index in [1.165, 1.54) is 37.2 Å². The first-order valence-corrected chi connectivity index (χ1v) is 7.17. The zero-order chi connectivity index (χ0) is 15.0. The molecule has 0 amide bonds. The molecule has 0 saturated carbocycles. The lowest BCUT2D eigenvalue weighted by molar-refractivity contribution is -0.134. The Bertz CT molecular complexity index is 551. The predicted octanol–water partition coefficient (Wildman–Crippen LogP) is 4.22. The van der Waals surface area contributed by atoms with E-state index >= 15 is 0 Å². The molecule has 0 atom stereocenters. The van der Waals surface area contributed by atoms with E-state index < -0.39 is 0 Å². The molecule has 0 saturated heterocycles. The Morgan fingerprint density at radius 1 is 1.10 bits per heavy atom. The molecule has 108 valence electrons. The third kappa shape index (κ3) is 2.79. The minimum absolute atomic E-state index is 0.194. The molecule has 0 radical (unpaired) electrons. The Balaban J connectivity index is 2.43. The number of benzene rings is 1. The van der Waals surface area contributed by atoms with Gasteiger partial charge in [-0.05, 0) is 46.4 Å². The van der Waals surface area contributed by atoms with Gasteiger partial charge in [0.15, 0.2) is 0 Å². The fourth-order valence-corrected chi connectivity index (χ4v) is 2.94. The molecule has 20 heavy (non-hydrogen) atoms. The highest BCUT2D eigenvalue weighted by Crippen LogP contribution is 2.45. The smallest absolute Gasteiger partial charge is 0.330 e. The number of ether oxygens (including phenoxy) is 1. The number of rotatable bonds is 2. The van der Waals surface area contributed by atoms with Gasteiger partial charge in [0, 0.05) is 6.08 Å². The number of methoxy groups -OCH3 is 1. The molecule has 1 aliphatic rings. The van der Waals surface area contributed by atoms with E-state index in [-0.39, 0.29) is 16.8 Å². The highest BCUT2D eigenvalue weighted by molar-refractivity contribution is 5.87. The van der Waals surface area contributed by atoms with E-state index in [0.717, 1.165) is 5.56 Å². The van der Waals surface area contributed by atoms with Crippen LogP contribution < -0.4 is 0 Å². The van der Waals surface area contributed by atoms with E-state index in [0.29, 0.717) is 0 Å². The second-order valence-corrected chi connectivity index (χ2v) is 6.93. The Morgan fingerprint density at radius 2 is 1.70 bits per heavy atom. The van der Waals surface area contributed by atoms with Gasteiger partial charge >= 0.3 is 5.97 Å². The van der Waals surface area contributed by atoms with Crippen molar-refractivity contribution in [3.63, 3.8) is 0 Å². The Kier molecular flexibility index (Phi) is 3.77. The summed E-state index contributed by atoms with van der Waals surface area (Å²) in [6.07, 6.45) is 5.70. The maximum absolute atomic E-state index is 11.2. The van der Waals surface area contributed by atoms with E-state index in [2.05, 4.69) is 50.6 Å². The molecule has 1 aromatic rings. The van der Waals surface area contributed by atoms with Gasteiger partial charge in [0.1, 0.15) is 0 Å². The van der Waals surface area contributed by atoms with Gasteiger partial charge in [0.2, 0.25) is 0 Å². The molecule has 0 bridgehead atoms. The van der Waals surface area contributed by atoms with Crippen LogP contribution in [-0.4, -0.2) is 13.1 Å². The van der Waals surface area contributed by atoms with Crippen LogP contribution in [0.2, 0.25) is 0 Å². The molecular formula is C18H24O2. The number of hydrogen-bond acceptors (Lipinski definition) is 2. The lowest BCUT2D eigenvalue weighted by Gasteiger charge is -2.42. The summed E-state index contributed by atoms with van der Waals surface area (Å²) < 4.78 is 4.63. The SMILES string of the molecule is COC(=O)C=Cc1ccc2c(c1)C(C)(C)CCC2(C)C. The van der Waals surface area contributed by atoms with E-state index in [1.54, 1.807) is 0 Å². The van der Waals surface area contributed by atoms with Crippen molar-refractivity contribution >= 4 is 12.0 Å². The van der Waals surface area contributed by atoms with Crippen LogP contribution in [0.25, 0.3) is 6.08 Å². The van der Waals surface area contributed by atoms with Gasteiger partial charge in [-0.3, -0.25) is 0 Å². The monoisotopic (exact) mass is 272 g/mol. The van der Waals surface area contributed by atoms with Crippen LogP contribution in [-0.2, 0) is 20.4 Å². The van der Waals surface area contributed by atoms with Gasteiger partial charge in [-0.15, -0.1) is 0 Å². The van der Waals surface area contributed by atoms with Gasteiger partial charge in [-0.2, -0.15) is 0 Å². The number of esters is 1. The molecule has 0 fully saturated rings. The maximum atomic E-state index is 11.2. The van der Waals surface area contributed by atoms with Crippen LogP contribution in [0.5, 0.6) is 0 Å². The van der Waals surface area contributed by atoms with Crippen molar-refractivity contribution in [2.24, 2.45) is 0 Å². The van der Waals surface area contributed by atoms with Gasteiger partial charge in [0.05, 0.1) is 7.11 Å². The Morgan fingerprint density at radius 3 is 2.30 bits per heavy atom. The van der Waals surface area contributed by atoms with Crippen molar-refractivity contribution in [3.8, 4) is 0 Å². The first kappa shape index (κ1) is 14.8. The van der Waals surface area contributed by atoms with Crippen LogP contribution in [0, 0.1) is 0 Å². The zero-order valence-corrected chi connectivity index (χ0v) is 13.1. The van der Waals surface area contributed by atoms with Crippen molar-refractivity contribution in [2.45, 2.75) is 51.4 Å². The lowest BCUT2D eigenvalue weighted by Crippen LogP contribution is -2.33. The second-order valence-electron chi connectivity index (χ2n) is 6.93. The highest BCUT2D eigenvalue weighted by atomic mass is 16.5. The topological polar surface area (TPSA) is 26.3 Å². The van der Waals surface area contributed by atoms with Gasteiger partial charge in [-0.1, -0.05) is 45.9 Å². The zero-order valence-electron chi connectivity index (χ0n) is 13.1. The summed E-state index contributed by atoms with van der Waals surface area (Å²) in [6, 6.07) is 6.52. The predicted molar refractivity (Wildman–Crippen MR) is 82.8 cm³/mol. The molecule has 0 unspecified atom stereocenters. The molecule has 0 N–H and O–H groups in total. The van der Waals surface area contributed by atoms with Crippen molar-refractivity contribution in [2.75, 3.05) is 7.11 Å². The summed E-state index contributed by atoms with van der Waals surface area (Å²) in [7, 11) is 1.39. The van der Waals surface area contributed by atoms with E-state index in [4.69, 9.17) is 0 Å². The summed E-state index contributed by atoms with van der Waals surface area (Å²) >= 11 is 0. The molecule has 0 aliphatic heterocycles. The van der Waals surface area contributed by atoms with Crippen LogP contribution in [0.1, 0.15) is 57.2 Å². The van der Waals surface area contributed by atoms with Crippen LogP contribution in [0.3, 0.4) is 0 Å². The first-order chi connectivity index (χ1) is 9.26. The van der Waals surface area contributed by atoms with Crippen molar-refractivity contribution in [1.82, 2.24) is 0 Å². The summed E-state index contributed by atoms with van der Waals surface area (Å²) in [5.74, 6) is -0.317. The molecule has 1 aromatic carbocycles. The molecule has 2 rings (SSSR count). The second kappa shape index (κ2) is 5.08. The van der Waals surface area contributed by atoms with Crippen molar-refractivity contribution in [1.29, 1.82) is 0 Å². The summed E-state index contributed by atoms with van der Waals surface area (Å²) in [5, 5.41) is 0. The Hall–Kier alpha value is -1.57. The van der Waals surface area contributed by atoms with Gasteiger partial charge in [-0.25, -0.2) is 4.79 Å². The minimum atomic E-state index is -0.317. The fourth-order valence-electron chi connectivity index (χ4n) is 2.94. The first-order valence-electron chi connectivity index (χ1n) is 7.17. The normalized spacial score (nSPS) is 19.6. The summed E-state index contributed by atoms with van der Waals surface area (Å²) in [5.41, 5.74) is 4.32. The highest BCUT2D eigenvalue weighted by Gasteiger charge is 2.36. The van der Waals surface area contributed by atoms with Crippen LogP contribution >= 0.6 is 0 Å². The van der Waals surface area contributed by atoms with Crippen molar-refractivity contribution in [3.05, 3.63) is 41.0 Å². The third-order valence-corrected chi connectivity index (χ3v) is 4.49. The average Bonchev–Trinajstić information content (AvgIpc) is 2.41. The molecule has 2 heteroatoms. The van der Waals surface area contributed by atoms with E-state index in [9.17, 15) is 4.79 Å². The minimum Gasteiger partial charge on any atom is -0.466 e. The van der Waals surface area contributed by atoms with Crippen LogP contribution in [0.15, 0.2) is 24.3 Å². The molecule has 2 nitrogen and oxygen atoms in total. The standard InChI is InChI=1S/C18H24O2/c1-17(2)10-11-18(3,4)15-12-13(6-8-14(15)17)7-9-16(19)20-5/h6-9,12H,10-11H2,1-5H3. The number of carbonyl (C=O) groups is 1. The third-order valence-electron chi connectivity index (χ3n) is 4.49. The number of hydrogen-bond donors (Lipinski definition) is 0. The quantitative estimate of drug-likeness (QED) is 0.595. The summed E-state index contributed by atoms with van der Waals surface area (Å²) in [4.78, 5) is 11.2. The number of carbonyl (C=O) groups excluding carboxylic acids is 1. The largest absolute Gasteiger partial charge is 0.466 e. The molecule has 0 heterocycles. The molecule has 1 aliphatic carbocycles. The van der Waals surface area contributed by atoms with Gasteiger partial charge < -0.3 is 4.74 Å².